The Balaban J connectivity index is 0.00000208. The van der Waals surface area contributed by atoms with E-state index in [9.17, 15) is 4.79 Å². The second kappa shape index (κ2) is 8.47. The molecule has 0 saturated heterocycles. The molecule has 1 saturated carbocycles. The highest BCUT2D eigenvalue weighted by Crippen LogP contribution is 2.27. The van der Waals surface area contributed by atoms with Gasteiger partial charge < -0.3 is 21.7 Å². The number of aromatic nitrogens is 2. The van der Waals surface area contributed by atoms with Gasteiger partial charge in [0.05, 0.1) is 12.2 Å². The largest absolute Gasteiger partial charge is 1.00 e. The lowest BCUT2D eigenvalue weighted by molar-refractivity contribution is -0.768. The Hall–Kier alpha value is -1.62. The number of halogens is 1. The number of ether oxygens (including phenoxy) is 1. The number of nitrogens with zero attached hydrogens (tertiary/aromatic N) is 2. The van der Waals surface area contributed by atoms with Gasteiger partial charge in [-0.15, -0.1) is 4.68 Å². The Kier molecular flexibility index (Phi) is 6.60. The zero-order valence-electron chi connectivity index (χ0n) is 14.4. The van der Waals surface area contributed by atoms with Crippen molar-refractivity contribution >= 4 is 5.97 Å². The molecule has 2 aromatic rings. The monoisotopic (exact) mass is 392 g/mol. The van der Waals surface area contributed by atoms with Crippen molar-refractivity contribution in [1.82, 2.24) is 4.68 Å². The third-order valence-electron chi connectivity index (χ3n) is 4.66. The van der Waals surface area contributed by atoms with Gasteiger partial charge >= 0.3 is 5.97 Å². The predicted molar refractivity (Wildman–Crippen MR) is 88.3 cm³/mol. The Bertz CT molecular complexity index is 670. The Labute approximate surface area is 154 Å². The Morgan fingerprint density at radius 1 is 1.17 bits per heavy atom. The van der Waals surface area contributed by atoms with Crippen molar-refractivity contribution in [3.63, 3.8) is 0 Å². The van der Waals surface area contributed by atoms with Crippen LogP contribution in [0.15, 0.2) is 36.7 Å². The number of para-hydroxylation sites is 1. The molecular weight excluding hydrogens is 368 g/mol. The van der Waals surface area contributed by atoms with E-state index in [1.807, 2.05) is 49.0 Å². The van der Waals surface area contributed by atoms with E-state index in [-0.39, 0.29) is 29.5 Å². The first-order valence-corrected chi connectivity index (χ1v) is 8.48. The third kappa shape index (κ3) is 4.26. The normalized spacial score (nSPS) is 14.9. The van der Waals surface area contributed by atoms with Gasteiger partial charge in [-0.25, -0.2) is 4.79 Å². The first kappa shape index (κ1) is 18.7. The molecule has 1 fully saturated rings. The molecule has 0 amide bonds. The van der Waals surface area contributed by atoms with Gasteiger partial charge in [-0.2, -0.15) is 4.68 Å². The topological polar surface area (TPSA) is 35.1 Å². The summed E-state index contributed by atoms with van der Waals surface area (Å²) >= 11 is 0. The van der Waals surface area contributed by atoms with Crippen molar-refractivity contribution < 1.29 is 31.2 Å². The quantitative estimate of drug-likeness (QED) is 0.431. The van der Waals surface area contributed by atoms with Crippen molar-refractivity contribution in [2.24, 2.45) is 0 Å². The predicted octanol–water partition coefficient (Wildman–Crippen LogP) is 0.507. The van der Waals surface area contributed by atoms with Crippen LogP contribution in [0.5, 0.6) is 5.75 Å². The maximum atomic E-state index is 12.4. The molecule has 0 atom stereocenters. The van der Waals surface area contributed by atoms with Gasteiger partial charge in [0.15, 0.2) is 6.20 Å². The fraction of sp³-hybridized carbons (Fsp3) is 0.474. The molecule has 24 heavy (non-hydrogen) atoms. The van der Waals surface area contributed by atoms with Crippen LogP contribution in [-0.2, 0) is 11.3 Å². The van der Waals surface area contributed by atoms with E-state index in [0.29, 0.717) is 11.8 Å². The first-order chi connectivity index (χ1) is 11.1. The number of hydrogen-bond donors (Lipinski definition) is 0. The Morgan fingerprint density at radius 2 is 1.83 bits per heavy atom. The van der Waals surface area contributed by atoms with Crippen LogP contribution in [0.2, 0.25) is 0 Å². The molecule has 4 nitrogen and oxygen atoms in total. The fourth-order valence-corrected chi connectivity index (χ4v) is 3.44. The number of hydrogen-bond acceptors (Lipinski definition) is 2. The maximum absolute atomic E-state index is 12.4. The zero-order chi connectivity index (χ0) is 16.2. The van der Waals surface area contributed by atoms with Crippen LogP contribution in [0.25, 0.3) is 0 Å². The summed E-state index contributed by atoms with van der Waals surface area (Å²) in [6.07, 6.45) is 10.3. The molecule has 1 aliphatic rings. The second-order valence-electron chi connectivity index (χ2n) is 6.46. The average Bonchev–Trinajstić information content (AvgIpc) is 3.00. The molecule has 0 unspecified atom stereocenters. The highest BCUT2D eigenvalue weighted by Gasteiger charge is 2.24. The molecule has 0 radical (unpaired) electrons. The van der Waals surface area contributed by atoms with E-state index in [4.69, 9.17) is 4.74 Å². The fourth-order valence-electron chi connectivity index (χ4n) is 3.44. The maximum Gasteiger partial charge on any atom is 0.380 e. The van der Waals surface area contributed by atoms with Crippen LogP contribution >= 0.6 is 0 Å². The van der Waals surface area contributed by atoms with Crippen molar-refractivity contribution in [3.8, 4) is 5.75 Å². The Morgan fingerprint density at radius 3 is 2.50 bits per heavy atom. The average molecular weight is 393 g/mol. The standard InChI is InChI=1S/C19H25N2O2.BrH/c1-15-8-6-9-16(2)19(15)23-18(22)14-20-12-7-13-21(20)17-10-4-3-5-11-17;/h6-9,12-13,17H,3-5,10-11,14H2,1-2H3;1H/q+1;/p-1. The molecule has 1 aromatic heterocycles. The van der Waals surface area contributed by atoms with E-state index in [0.717, 1.165) is 11.1 Å². The number of esters is 1. The number of rotatable bonds is 4. The molecular formula is C19H25BrN2O2. The SMILES string of the molecule is Cc1cccc(C)c1OC(=O)C[n+]1cccn1C1CCCCC1.[Br-]. The smallest absolute Gasteiger partial charge is 0.380 e. The molecule has 1 aliphatic carbocycles. The summed E-state index contributed by atoms with van der Waals surface area (Å²) in [5.41, 5.74) is 1.98. The molecule has 0 aliphatic heterocycles. The second-order valence-corrected chi connectivity index (χ2v) is 6.46. The minimum absolute atomic E-state index is 0. The summed E-state index contributed by atoms with van der Waals surface area (Å²) < 4.78 is 9.80. The van der Waals surface area contributed by atoms with Crippen LogP contribution < -0.4 is 26.4 Å². The van der Waals surface area contributed by atoms with Gasteiger partial charge in [0.2, 0.25) is 0 Å². The van der Waals surface area contributed by atoms with Crippen LogP contribution in [0.4, 0.5) is 0 Å². The van der Waals surface area contributed by atoms with E-state index in [1.54, 1.807) is 0 Å². The minimum Gasteiger partial charge on any atom is -1.00 e. The van der Waals surface area contributed by atoms with Gasteiger partial charge in [-0.1, -0.05) is 37.5 Å². The van der Waals surface area contributed by atoms with E-state index in [1.165, 1.54) is 32.1 Å². The van der Waals surface area contributed by atoms with Crippen LogP contribution in [0.1, 0.15) is 49.3 Å². The summed E-state index contributed by atoms with van der Waals surface area (Å²) in [4.78, 5) is 12.4. The number of carbonyl (C=O) groups is 1. The molecule has 1 aromatic carbocycles. The third-order valence-corrected chi connectivity index (χ3v) is 4.66. The molecule has 0 N–H and O–H groups in total. The number of aryl methyl sites for hydroxylation is 2. The molecule has 5 heteroatoms. The minimum atomic E-state index is -0.219. The van der Waals surface area contributed by atoms with E-state index in [2.05, 4.69) is 10.9 Å². The lowest BCUT2D eigenvalue weighted by Crippen LogP contribution is -3.00. The number of benzene rings is 1. The van der Waals surface area contributed by atoms with Gasteiger partial charge in [0, 0.05) is 6.07 Å². The van der Waals surface area contributed by atoms with Crippen molar-refractivity contribution in [1.29, 1.82) is 0 Å². The van der Waals surface area contributed by atoms with Crippen molar-refractivity contribution in [3.05, 3.63) is 47.8 Å². The molecule has 130 valence electrons. The highest BCUT2D eigenvalue weighted by molar-refractivity contribution is 5.71. The van der Waals surface area contributed by atoms with E-state index < -0.39 is 0 Å². The van der Waals surface area contributed by atoms with E-state index >= 15 is 0 Å². The molecule has 3 rings (SSSR count). The summed E-state index contributed by atoms with van der Waals surface area (Å²) in [5, 5.41) is 0. The van der Waals surface area contributed by atoms with Gasteiger partial charge in [0.25, 0.3) is 6.54 Å². The van der Waals surface area contributed by atoms with Crippen molar-refractivity contribution in [2.45, 2.75) is 58.5 Å². The highest BCUT2D eigenvalue weighted by atomic mass is 79.9. The zero-order valence-corrected chi connectivity index (χ0v) is 16.0. The summed E-state index contributed by atoms with van der Waals surface area (Å²) in [6, 6.07) is 8.42. The number of carbonyl (C=O) groups excluding carboxylic acids is 1. The summed E-state index contributed by atoms with van der Waals surface area (Å²) in [7, 11) is 0. The first-order valence-electron chi connectivity index (χ1n) is 8.48. The van der Waals surface area contributed by atoms with Crippen LogP contribution in [-0.4, -0.2) is 10.7 Å². The van der Waals surface area contributed by atoms with Gasteiger partial charge in [-0.3, -0.25) is 0 Å². The molecule has 0 bridgehead atoms. The molecule has 0 spiro atoms. The molecule has 1 heterocycles. The lowest BCUT2D eigenvalue weighted by Gasteiger charge is -2.20. The van der Waals surface area contributed by atoms with Crippen LogP contribution in [0, 0.1) is 13.8 Å². The van der Waals surface area contributed by atoms with Crippen LogP contribution in [0.3, 0.4) is 0 Å². The van der Waals surface area contributed by atoms with Gasteiger partial charge in [0.1, 0.15) is 5.75 Å². The van der Waals surface area contributed by atoms with Gasteiger partial charge in [-0.05, 0) is 37.8 Å². The summed E-state index contributed by atoms with van der Waals surface area (Å²) in [5.74, 6) is 0.469. The van der Waals surface area contributed by atoms with Crippen molar-refractivity contribution in [2.75, 3.05) is 0 Å². The lowest BCUT2D eigenvalue weighted by atomic mass is 9.96. The summed E-state index contributed by atoms with van der Waals surface area (Å²) in [6.45, 7) is 4.18.